The minimum Gasteiger partial charge on any atom is -0.352 e. The maximum absolute atomic E-state index is 13.5. The van der Waals surface area contributed by atoms with E-state index < -0.39 is 0 Å². The molecule has 0 unspecified atom stereocenters. The first-order valence-electron chi connectivity index (χ1n) is 11.1. The zero-order valence-corrected chi connectivity index (χ0v) is 16.8. The number of hydrogen-bond acceptors (Lipinski definition) is 5. The van der Waals surface area contributed by atoms with Crippen LogP contribution in [0.2, 0.25) is 0 Å². The van der Waals surface area contributed by atoms with Gasteiger partial charge < -0.3 is 9.80 Å². The van der Waals surface area contributed by atoms with Crippen LogP contribution in [0.15, 0.2) is 30.6 Å². The first-order chi connectivity index (χ1) is 14.2. The zero-order valence-electron chi connectivity index (χ0n) is 16.8. The summed E-state index contributed by atoms with van der Waals surface area (Å²) in [4.78, 5) is 17.9. The summed E-state index contributed by atoms with van der Waals surface area (Å²) in [5.74, 6) is 4.49. The molecule has 2 aromatic heterocycles. The largest absolute Gasteiger partial charge is 0.352 e. The number of piperazine rings is 1. The van der Waals surface area contributed by atoms with E-state index in [2.05, 4.69) is 25.1 Å². The van der Waals surface area contributed by atoms with E-state index in [0.717, 1.165) is 74.8 Å². The third-order valence-electron chi connectivity index (χ3n) is 7.76. The lowest BCUT2D eigenvalue weighted by atomic mass is 9.49. The molecule has 1 saturated heterocycles. The maximum atomic E-state index is 13.5. The molecule has 7 nitrogen and oxygen atoms in total. The fourth-order valence-electron chi connectivity index (χ4n) is 6.86. The highest BCUT2D eigenvalue weighted by molar-refractivity contribution is 5.83. The lowest BCUT2D eigenvalue weighted by Crippen LogP contribution is -2.58. The van der Waals surface area contributed by atoms with Crippen LogP contribution in [-0.4, -0.2) is 57.0 Å². The molecule has 1 aliphatic heterocycles. The molecule has 152 valence electrons. The summed E-state index contributed by atoms with van der Waals surface area (Å²) in [6.45, 7) is 3.24. The Labute approximate surface area is 171 Å². The molecule has 5 fully saturated rings. The van der Waals surface area contributed by atoms with Crippen molar-refractivity contribution >= 4 is 11.7 Å². The van der Waals surface area contributed by atoms with Gasteiger partial charge in [-0.15, -0.1) is 10.2 Å². The molecule has 4 saturated carbocycles. The molecule has 0 atom stereocenters. The van der Waals surface area contributed by atoms with Crippen molar-refractivity contribution < 1.29 is 4.79 Å². The van der Waals surface area contributed by atoms with Gasteiger partial charge in [0.25, 0.3) is 0 Å². The Morgan fingerprint density at radius 1 is 0.897 bits per heavy atom. The van der Waals surface area contributed by atoms with Gasteiger partial charge in [-0.1, -0.05) is 0 Å². The van der Waals surface area contributed by atoms with Gasteiger partial charge in [-0.3, -0.25) is 4.79 Å². The summed E-state index contributed by atoms with van der Waals surface area (Å²) in [5, 5.41) is 12.9. The van der Waals surface area contributed by atoms with Crippen molar-refractivity contribution in [1.29, 1.82) is 0 Å². The highest BCUT2D eigenvalue weighted by Gasteiger charge is 2.55. The average molecular weight is 393 g/mol. The van der Waals surface area contributed by atoms with Crippen LogP contribution in [-0.2, 0) is 4.79 Å². The van der Waals surface area contributed by atoms with Gasteiger partial charge in [0.05, 0.1) is 5.41 Å². The molecule has 4 bridgehead atoms. The Morgan fingerprint density at radius 2 is 1.52 bits per heavy atom. The van der Waals surface area contributed by atoms with Gasteiger partial charge in [0.1, 0.15) is 0 Å². The smallest absolute Gasteiger partial charge is 0.228 e. The number of carbonyl (C=O) groups is 1. The SMILES string of the molecule is O=C(N1CCN(c2ccc(-n3cccn3)nn2)CC1)C12CC3CC(CC(C3)C1)C2. The standard InChI is InChI=1S/C22H28N6O/c29-21(22-13-16-10-17(14-22)12-18(11-16)15-22)27-8-6-26(7-9-27)19-2-3-20(25-24-19)28-5-1-4-23-28/h1-5,16-18H,6-15H2. The number of aromatic nitrogens is 4. The van der Waals surface area contributed by atoms with Crippen LogP contribution in [0, 0.1) is 23.2 Å². The predicted octanol–water partition coefficient (Wildman–Crippen LogP) is 2.53. The van der Waals surface area contributed by atoms with Crippen molar-refractivity contribution in [1.82, 2.24) is 24.9 Å². The minimum absolute atomic E-state index is 0.0257. The molecule has 29 heavy (non-hydrogen) atoms. The van der Waals surface area contributed by atoms with Crippen LogP contribution in [0.5, 0.6) is 0 Å². The monoisotopic (exact) mass is 392 g/mol. The highest BCUT2D eigenvalue weighted by Crippen LogP contribution is 2.60. The van der Waals surface area contributed by atoms with Gasteiger partial charge in [-0.05, 0) is 74.5 Å². The Bertz CT molecular complexity index is 849. The molecule has 4 aliphatic carbocycles. The Morgan fingerprint density at radius 3 is 2.07 bits per heavy atom. The van der Waals surface area contributed by atoms with Crippen molar-refractivity contribution in [3.63, 3.8) is 0 Å². The Balaban J connectivity index is 1.11. The van der Waals surface area contributed by atoms with Crippen molar-refractivity contribution in [2.24, 2.45) is 23.2 Å². The predicted molar refractivity (Wildman–Crippen MR) is 109 cm³/mol. The molecular weight excluding hydrogens is 364 g/mol. The summed E-state index contributed by atoms with van der Waals surface area (Å²) < 4.78 is 1.71. The number of nitrogens with zero attached hydrogens (tertiary/aromatic N) is 6. The lowest BCUT2D eigenvalue weighted by molar-refractivity contribution is -0.158. The van der Waals surface area contributed by atoms with Gasteiger partial charge in [0.2, 0.25) is 5.91 Å². The van der Waals surface area contributed by atoms with Crippen LogP contribution in [0.4, 0.5) is 5.82 Å². The van der Waals surface area contributed by atoms with E-state index in [0.29, 0.717) is 5.91 Å². The van der Waals surface area contributed by atoms with E-state index >= 15 is 0 Å². The van der Waals surface area contributed by atoms with Crippen LogP contribution in [0.25, 0.3) is 5.82 Å². The Hall–Kier alpha value is -2.44. The molecular formula is C22H28N6O. The summed E-state index contributed by atoms with van der Waals surface area (Å²) >= 11 is 0. The second-order valence-corrected chi connectivity index (χ2v) is 9.68. The van der Waals surface area contributed by atoms with Crippen LogP contribution >= 0.6 is 0 Å². The number of amides is 1. The third kappa shape index (κ3) is 2.93. The summed E-state index contributed by atoms with van der Waals surface area (Å²) in [6.07, 6.45) is 11.2. The molecule has 7 heteroatoms. The maximum Gasteiger partial charge on any atom is 0.228 e. The third-order valence-corrected chi connectivity index (χ3v) is 7.76. The van der Waals surface area contributed by atoms with Crippen molar-refractivity contribution in [2.75, 3.05) is 31.1 Å². The van der Waals surface area contributed by atoms with Gasteiger partial charge >= 0.3 is 0 Å². The number of rotatable bonds is 3. The minimum atomic E-state index is -0.0257. The quantitative estimate of drug-likeness (QED) is 0.803. The average Bonchev–Trinajstić information content (AvgIpc) is 3.27. The Kier molecular flexibility index (Phi) is 3.93. The van der Waals surface area contributed by atoms with E-state index in [4.69, 9.17) is 0 Å². The molecule has 2 aromatic rings. The van der Waals surface area contributed by atoms with E-state index in [9.17, 15) is 4.79 Å². The topological polar surface area (TPSA) is 67.2 Å². The molecule has 0 N–H and O–H groups in total. The van der Waals surface area contributed by atoms with Crippen LogP contribution < -0.4 is 4.90 Å². The van der Waals surface area contributed by atoms with Gasteiger partial charge in [0, 0.05) is 38.6 Å². The van der Waals surface area contributed by atoms with Gasteiger partial charge in [-0.2, -0.15) is 5.10 Å². The number of carbonyl (C=O) groups excluding carboxylic acids is 1. The number of hydrogen-bond donors (Lipinski definition) is 0. The fourth-order valence-corrected chi connectivity index (χ4v) is 6.86. The van der Waals surface area contributed by atoms with E-state index in [1.165, 1.54) is 19.3 Å². The van der Waals surface area contributed by atoms with E-state index in [1.807, 2.05) is 24.4 Å². The molecule has 1 amide bonds. The van der Waals surface area contributed by atoms with Crippen LogP contribution in [0.3, 0.4) is 0 Å². The second-order valence-electron chi connectivity index (χ2n) is 9.68. The van der Waals surface area contributed by atoms with Crippen molar-refractivity contribution in [3.8, 4) is 5.82 Å². The van der Waals surface area contributed by atoms with Gasteiger partial charge in [0.15, 0.2) is 11.6 Å². The second kappa shape index (κ2) is 6.54. The first-order valence-corrected chi connectivity index (χ1v) is 11.1. The molecule has 3 heterocycles. The lowest BCUT2D eigenvalue weighted by Gasteiger charge is -2.57. The van der Waals surface area contributed by atoms with E-state index in [-0.39, 0.29) is 5.41 Å². The summed E-state index contributed by atoms with van der Waals surface area (Å²) in [7, 11) is 0. The molecule has 0 radical (unpaired) electrons. The molecule has 5 aliphatic rings. The molecule has 0 aromatic carbocycles. The normalized spacial score (nSPS) is 33.3. The number of anilines is 1. The zero-order chi connectivity index (χ0) is 19.4. The van der Waals surface area contributed by atoms with Crippen LogP contribution in [0.1, 0.15) is 38.5 Å². The van der Waals surface area contributed by atoms with E-state index in [1.54, 1.807) is 10.9 Å². The summed E-state index contributed by atoms with van der Waals surface area (Å²) in [6, 6.07) is 5.82. The first kappa shape index (κ1) is 17.4. The van der Waals surface area contributed by atoms with Gasteiger partial charge in [-0.25, -0.2) is 4.68 Å². The fraction of sp³-hybridized carbons (Fsp3) is 0.636. The molecule has 0 spiro atoms. The summed E-state index contributed by atoms with van der Waals surface area (Å²) in [5.41, 5.74) is -0.0257. The molecule has 7 rings (SSSR count). The van der Waals surface area contributed by atoms with Crippen molar-refractivity contribution in [2.45, 2.75) is 38.5 Å². The van der Waals surface area contributed by atoms with Crippen molar-refractivity contribution in [3.05, 3.63) is 30.6 Å². The highest BCUT2D eigenvalue weighted by atomic mass is 16.2.